The number of rotatable bonds is 5. The Hall–Kier alpha value is -2.80. The molecule has 23 heavy (non-hydrogen) atoms. The lowest BCUT2D eigenvalue weighted by Crippen LogP contribution is -1.91. The Morgan fingerprint density at radius 2 is 1.52 bits per heavy atom. The van der Waals surface area contributed by atoms with Crippen molar-refractivity contribution in [3.8, 4) is 0 Å². The van der Waals surface area contributed by atoms with Crippen LogP contribution in [-0.2, 0) is 10.2 Å². The van der Waals surface area contributed by atoms with Crippen molar-refractivity contribution < 1.29 is 17.2 Å². The van der Waals surface area contributed by atoms with Crippen LogP contribution in [0.25, 0.3) is 12.2 Å². The molecular formula is C16H12FNO4S. The van der Waals surface area contributed by atoms with E-state index >= 15 is 0 Å². The summed E-state index contributed by atoms with van der Waals surface area (Å²) in [5, 5.41) is 10.7. The largest absolute Gasteiger partial charge is 0.332 e. The molecule has 118 valence electrons. The second kappa shape index (κ2) is 6.97. The van der Waals surface area contributed by atoms with Gasteiger partial charge in [-0.2, -0.15) is 8.42 Å². The Bertz CT molecular complexity index is 888. The van der Waals surface area contributed by atoms with Crippen molar-refractivity contribution in [3.05, 3.63) is 81.9 Å². The molecule has 0 bridgehead atoms. The molecule has 2 aromatic rings. The lowest BCUT2D eigenvalue weighted by atomic mass is 10.1. The standard InChI is InChI=1S/C16H12FNO4S/c17-23(21,22)16-10-4-8-14(12-16)6-2-1-5-13-7-3-9-15(11-13)18(19)20/h1-12H. The highest BCUT2D eigenvalue weighted by molar-refractivity contribution is 7.86. The summed E-state index contributed by atoms with van der Waals surface area (Å²) in [4.78, 5) is 9.79. The summed E-state index contributed by atoms with van der Waals surface area (Å²) in [6.07, 6.45) is 6.54. The molecule has 0 fully saturated rings. The van der Waals surface area contributed by atoms with Crippen LogP contribution in [-0.4, -0.2) is 13.3 Å². The van der Waals surface area contributed by atoms with Gasteiger partial charge in [0.05, 0.1) is 9.82 Å². The number of halogens is 1. The molecule has 0 unspecified atom stereocenters. The van der Waals surface area contributed by atoms with Gasteiger partial charge in [-0.05, 0) is 23.3 Å². The number of nitrogens with zero attached hydrogens (tertiary/aromatic N) is 1. The van der Waals surface area contributed by atoms with Crippen molar-refractivity contribution in [2.45, 2.75) is 4.90 Å². The first-order chi connectivity index (χ1) is 10.9. The normalized spacial score (nSPS) is 12.0. The third-order valence-corrected chi connectivity index (χ3v) is 3.73. The third-order valence-electron chi connectivity index (χ3n) is 2.91. The summed E-state index contributed by atoms with van der Waals surface area (Å²) < 4.78 is 34.5. The van der Waals surface area contributed by atoms with Gasteiger partial charge in [-0.15, -0.1) is 3.89 Å². The number of hydrogen-bond acceptors (Lipinski definition) is 4. The van der Waals surface area contributed by atoms with Crippen molar-refractivity contribution in [1.29, 1.82) is 0 Å². The number of benzene rings is 2. The summed E-state index contributed by atoms with van der Waals surface area (Å²) in [6.45, 7) is 0. The minimum absolute atomic E-state index is 0.00279. The molecule has 0 aliphatic heterocycles. The zero-order valence-corrected chi connectivity index (χ0v) is 12.6. The fourth-order valence-corrected chi connectivity index (χ4v) is 2.36. The summed E-state index contributed by atoms with van der Waals surface area (Å²) in [5.41, 5.74) is 1.17. The SMILES string of the molecule is O=[N+]([O-])c1cccc(C=CC=Cc2cccc(S(=O)(=O)F)c2)c1. The molecule has 0 aliphatic carbocycles. The van der Waals surface area contributed by atoms with E-state index in [4.69, 9.17) is 0 Å². The van der Waals surface area contributed by atoms with E-state index in [0.29, 0.717) is 11.1 Å². The molecule has 0 atom stereocenters. The van der Waals surface area contributed by atoms with Crippen LogP contribution in [0.5, 0.6) is 0 Å². The molecule has 0 saturated heterocycles. The first-order valence-corrected chi connectivity index (χ1v) is 7.88. The first kappa shape index (κ1) is 16.6. The van der Waals surface area contributed by atoms with Crippen LogP contribution in [0.3, 0.4) is 0 Å². The Morgan fingerprint density at radius 3 is 2.09 bits per heavy atom. The predicted octanol–water partition coefficient (Wildman–Crippen LogP) is 3.98. The molecular weight excluding hydrogens is 321 g/mol. The molecule has 0 aromatic heterocycles. The van der Waals surface area contributed by atoms with E-state index in [9.17, 15) is 22.4 Å². The summed E-state index contributed by atoms with van der Waals surface area (Å²) in [5.74, 6) is 0. The number of nitro groups is 1. The fourth-order valence-electron chi connectivity index (χ4n) is 1.85. The third kappa shape index (κ3) is 4.86. The quantitative estimate of drug-likeness (QED) is 0.359. The Kier molecular flexibility index (Phi) is 5.02. The van der Waals surface area contributed by atoms with Crippen molar-refractivity contribution in [2.24, 2.45) is 0 Å². The van der Waals surface area contributed by atoms with Gasteiger partial charge in [0, 0.05) is 12.1 Å². The van der Waals surface area contributed by atoms with Gasteiger partial charge in [-0.3, -0.25) is 10.1 Å². The second-order valence-electron chi connectivity index (χ2n) is 4.58. The van der Waals surface area contributed by atoms with E-state index in [-0.39, 0.29) is 5.69 Å². The van der Waals surface area contributed by atoms with Crippen LogP contribution in [0.15, 0.2) is 65.6 Å². The van der Waals surface area contributed by atoms with Crippen LogP contribution in [0, 0.1) is 10.1 Å². The zero-order chi connectivity index (χ0) is 16.9. The maximum absolute atomic E-state index is 12.9. The highest BCUT2D eigenvalue weighted by atomic mass is 32.3. The molecule has 2 rings (SSSR count). The maximum atomic E-state index is 12.9. The van der Waals surface area contributed by atoms with Gasteiger partial charge in [-0.1, -0.05) is 48.6 Å². The molecule has 2 aromatic carbocycles. The first-order valence-electron chi connectivity index (χ1n) is 6.50. The topological polar surface area (TPSA) is 77.3 Å². The Labute approximate surface area is 132 Å². The van der Waals surface area contributed by atoms with Gasteiger partial charge in [0.25, 0.3) is 5.69 Å². The van der Waals surface area contributed by atoms with Gasteiger partial charge in [0.2, 0.25) is 0 Å². The molecule has 0 spiro atoms. The molecule has 0 N–H and O–H groups in total. The maximum Gasteiger partial charge on any atom is 0.332 e. The zero-order valence-electron chi connectivity index (χ0n) is 11.8. The summed E-state index contributed by atoms with van der Waals surface area (Å²) in [7, 11) is -4.73. The van der Waals surface area contributed by atoms with Crippen LogP contribution in [0.2, 0.25) is 0 Å². The molecule has 0 aliphatic rings. The van der Waals surface area contributed by atoms with E-state index in [1.807, 2.05) is 0 Å². The fraction of sp³-hybridized carbons (Fsp3) is 0. The molecule has 0 heterocycles. The average molecular weight is 333 g/mol. The Balaban J connectivity index is 2.13. The molecule has 0 radical (unpaired) electrons. The molecule has 7 heteroatoms. The highest BCUT2D eigenvalue weighted by Gasteiger charge is 2.10. The van der Waals surface area contributed by atoms with Gasteiger partial charge in [0.15, 0.2) is 0 Å². The van der Waals surface area contributed by atoms with Gasteiger partial charge >= 0.3 is 10.2 Å². The van der Waals surface area contributed by atoms with Gasteiger partial charge in [-0.25, -0.2) is 0 Å². The van der Waals surface area contributed by atoms with E-state index in [0.717, 1.165) is 0 Å². The summed E-state index contributed by atoms with van der Waals surface area (Å²) >= 11 is 0. The van der Waals surface area contributed by atoms with Crippen LogP contribution < -0.4 is 0 Å². The molecule has 0 saturated carbocycles. The molecule has 0 amide bonds. The lowest BCUT2D eigenvalue weighted by molar-refractivity contribution is -0.384. The Morgan fingerprint density at radius 1 is 0.957 bits per heavy atom. The number of nitro benzene ring substituents is 1. The molecule has 5 nitrogen and oxygen atoms in total. The second-order valence-corrected chi connectivity index (χ2v) is 5.93. The van der Waals surface area contributed by atoms with E-state index < -0.39 is 20.0 Å². The number of allylic oxidation sites excluding steroid dienone is 2. The van der Waals surface area contributed by atoms with Crippen molar-refractivity contribution in [1.82, 2.24) is 0 Å². The van der Waals surface area contributed by atoms with E-state index in [1.165, 1.54) is 30.3 Å². The number of non-ortho nitro benzene ring substituents is 1. The summed E-state index contributed by atoms with van der Waals surface area (Å²) in [6, 6.07) is 11.6. The van der Waals surface area contributed by atoms with E-state index in [1.54, 1.807) is 42.5 Å². The predicted molar refractivity (Wildman–Crippen MR) is 85.9 cm³/mol. The van der Waals surface area contributed by atoms with Crippen molar-refractivity contribution in [2.75, 3.05) is 0 Å². The van der Waals surface area contributed by atoms with Crippen molar-refractivity contribution in [3.63, 3.8) is 0 Å². The monoisotopic (exact) mass is 333 g/mol. The smallest absolute Gasteiger partial charge is 0.258 e. The van der Waals surface area contributed by atoms with Gasteiger partial charge in [0.1, 0.15) is 0 Å². The van der Waals surface area contributed by atoms with Crippen molar-refractivity contribution >= 4 is 28.1 Å². The highest BCUT2D eigenvalue weighted by Crippen LogP contribution is 2.16. The number of hydrogen-bond donors (Lipinski definition) is 0. The minimum Gasteiger partial charge on any atom is -0.258 e. The minimum atomic E-state index is -4.73. The lowest BCUT2D eigenvalue weighted by Gasteiger charge is -1.96. The van der Waals surface area contributed by atoms with Crippen LogP contribution in [0.4, 0.5) is 9.57 Å². The average Bonchev–Trinajstić information content (AvgIpc) is 2.51. The van der Waals surface area contributed by atoms with E-state index in [2.05, 4.69) is 0 Å². The van der Waals surface area contributed by atoms with Gasteiger partial charge < -0.3 is 0 Å². The van der Waals surface area contributed by atoms with Crippen LogP contribution >= 0.6 is 0 Å². The van der Waals surface area contributed by atoms with Crippen LogP contribution in [0.1, 0.15) is 11.1 Å².